The average Bonchev–Trinajstić information content (AvgIpc) is 1.65. The second-order valence-corrected chi connectivity index (χ2v) is 2.06. The van der Waals surface area contributed by atoms with Crippen LogP contribution in [0.4, 0.5) is 4.79 Å². The van der Waals surface area contributed by atoms with E-state index < -0.39 is 6.09 Å². The van der Waals surface area contributed by atoms with Crippen LogP contribution in [0.25, 0.3) is 0 Å². The molecule has 5 heteroatoms. The molecule has 1 amide bonds. The summed E-state index contributed by atoms with van der Waals surface area (Å²) in [6.45, 7) is 6.25. The molecule has 0 aromatic heterocycles. The normalized spacial score (nSPS) is 6.27. The first kappa shape index (κ1) is 22.5. The first-order chi connectivity index (χ1) is 4.00. The van der Waals surface area contributed by atoms with Gasteiger partial charge in [-0.2, -0.15) is 20.8 Å². The molecule has 3 nitrogen and oxygen atoms in total. The fourth-order valence-corrected chi connectivity index (χ4v) is 0. The van der Waals surface area contributed by atoms with Gasteiger partial charge in [-0.15, -0.1) is 0 Å². The third-order valence-corrected chi connectivity index (χ3v) is 0.214. The van der Waals surface area contributed by atoms with Crippen LogP contribution in [0.3, 0.4) is 0 Å². The quantitative estimate of drug-likeness (QED) is 0.307. The van der Waals surface area contributed by atoms with E-state index in [2.05, 4.69) is 20.8 Å². The van der Waals surface area contributed by atoms with Crippen LogP contribution in [-0.4, -0.2) is 35.6 Å². The van der Waals surface area contributed by atoms with Crippen molar-refractivity contribution >= 4 is 23.5 Å². The Hall–Kier alpha value is 0.400. The molecule has 0 unspecified atom stereocenters. The van der Waals surface area contributed by atoms with Crippen molar-refractivity contribution in [2.24, 2.45) is 0 Å². The van der Waals surface area contributed by atoms with Gasteiger partial charge in [-0.3, -0.25) is 0 Å². The summed E-state index contributed by atoms with van der Waals surface area (Å²) < 4.78 is 0. The molecule has 0 aromatic carbocycles. The molecule has 0 rings (SSSR count). The molecule has 0 saturated heterocycles. The van der Waals surface area contributed by atoms with Crippen LogP contribution in [-0.2, 0) is 0 Å². The Balaban J connectivity index is -0.0000000383. The standard InChI is InChI=1S/C4H9.C2H5NO2.Al.Li.3H/c1-4(2)3;1-3-2(4)5;;;;;/h1-3H3;3H,1H3,(H,4,5);;;;;/q-1;;;+1;;;. The number of carbonyl (C=O) groups is 1. The molecule has 11 heavy (non-hydrogen) atoms. The van der Waals surface area contributed by atoms with Crippen molar-refractivity contribution in [3.63, 3.8) is 0 Å². The summed E-state index contributed by atoms with van der Waals surface area (Å²) in [6.07, 6.45) is -0.995. The summed E-state index contributed by atoms with van der Waals surface area (Å²) in [5.41, 5.74) is 0. The molecule has 62 valence electrons. The Kier molecular flexibility index (Phi) is 34.4. The summed E-state index contributed by atoms with van der Waals surface area (Å²) in [6, 6.07) is 0. The van der Waals surface area contributed by atoms with Crippen LogP contribution in [0.15, 0.2) is 0 Å². The van der Waals surface area contributed by atoms with Gasteiger partial charge >= 0.3 is 25.0 Å². The van der Waals surface area contributed by atoms with Crippen LogP contribution < -0.4 is 24.2 Å². The van der Waals surface area contributed by atoms with Crippen LogP contribution in [0.2, 0.25) is 0 Å². The molecule has 0 aliphatic heterocycles. The molecule has 0 aliphatic rings. The molecule has 0 saturated carbocycles. The second kappa shape index (κ2) is 16.8. The van der Waals surface area contributed by atoms with E-state index in [0.717, 1.165) is 0 Å². The van der Waals surface area contributed by atoms with E-state index >= 15 is 0 Å². The van der Waals surface area contributed by atoms with Gasteiger partial charge in [0.1, 0.15) is 0 Å². The van der Waals surface area contributed by atoms with Crippen molar-refractivity contribution in [3.05, 3.63) is 5.92 Å². The van der Waals surface area contributed by atoms with Gasteiger partial charge in [0.15, 0.2) is 17.4 Å². The zero-order valence-corrected chi connectivity index (χ0v) is 7.36. The Bertz CT molecular complexity index is 78.2. The second-order valence-electron chi connectivity index (χ2n) is 2.06. The maximum Gasteiger partial charge on any atom is 1.00 e. The molecule has 0 heterocycles. The fourth-order valence-electron chi connectivity index (χ4n) is 0. The van der Waals surface area contributed by atoms with Crippen LogP contribution in [0.1, 0.15) is 20.8 Å². The van der Waals surface area contributed by atoms with Crippen molar-refractivity contribution in [3.8, 4) is 0 Å². The van der Waals surface area contributed by atoms with E-state index in [9.17, 15) is 4.79 Å². The first-order valence-corrected chi connectivity index (χ1v) is 2.68. The molecular weight excluding hydrogens is 152 g/mol. The zero-order valence-electron chi connectivity index (χ0n) is 7.36. The molecule has 0 radical (unpaired) electrons. The Morgan fingerprint density at radius 1 is 1.36 bits per heavy atom. The number of hydrogen-bond acceptors (Lipinski definition) is 1. The maximum absolute atomic E-state index is 9.26. The summed E-state index contributed by atoms with van der Waals surface area (Å²) in [4.78, 5) is 9.26. The largest absolute Gasteiger partial charge is 1.00 e. The monoisotopic (exact) mass is 169 g/mol. The molecule has 2 N–H and O–H groups in total. The predicted octanol–water partition coefficient (Wildman–Crippen LogP) is -2.68. The SMILES string of the molecule is CNC(=O)O.C[C-](C)C.[AlH3].[Li+]. The minimum Gasteiger partial charge on any atom is -0.465 e. The third kappa shape index (κ3) is 127. The van der Waals surface area contributed by atoms with Gasteiger partial charge < -0.3 is 16.3 Å². The van der Waals surface area contributed by atoms with E-state index in [1.807, 2.05) is 5.32 Å². The Labute approximate surface area is 91.2 Å². The maximum atomic E-state index is 9.26. The number of rotatable bonds is 0. The average molecular weight is 169 g/mol. The molecule has 0 fully saturated rings. The van der Waals surface area contributed by atoms with Crippen LogP contribution >= 0.6 is 0 Å². The molecule has 0 atom stereocenters. The zero-order chi connectivity index (χ0) is 7.86. The van der Waals surface area contributed by atoms with Gasteiger partial charge in [0.25, 0.3) is 0 Å². The van der Waals surface area contributed by atoms with Crippen molar-refractivity contribution in [2.45, 2.75) is 20.8 Å². The summed E-state index contributed by atoms with van der Waals surface area (Å²) in [5.74, 6) is 1.42. The van der Waals surface area contributed by atoms with E-state index in [1.165, 1.54) is 13.0 Å². The predicted molar refractivity (Wildman–Crippen MR) is 47.3 cm³/mol. The Morgan fingerprint density at radius 3 is 1.45 bits per heavy atom. The van der Waals surface area contributed by atoms with Crippen molar-refractivity contribution in [1.29, 1.82) is 0 Å². The van der Waals surface area contributed by atoms with E-state index in [-0.39, 0.29) is 36.2 Å². The van der Waals surface area contributed by atoms with E-state index in [4.69, 9.17) is 5.11 Å². The molecule has 0 spiro atoms. The minimum atomic E-state index is -0.995. The van der Waals surface area contributed by atoms with Gasteiger partial charge in [-0.1, -0.05) is 0 Å². The fraction of sp³-hybridized carbons (Fsp3) is 0.667. The number of hydrogen-bond donors (Lipinski definition) is 2. The first-order valence-electron chi connectivity index (χ1n) is 2.68. The van der Waals surface area contributed by atoms with Crippen molar-refractivity contribution in [2.75, 3.05) is 7.05 Å². The minimum absolute atomic E-state index is 0. The molecule has 0 aromatic rings. The van der Waals surface area contributed by atoms with E-state index in [1.54, 1.807) is 0 Å². The van der Waals surface area contributed by atoms with Gasteiger partial charge in [0, 0.05) is 7.05 Å². The Morgan fingerprint density at radius 2 is 1.45 bits per heavy atom. The molecule has 0 aliphatic carbocycles. The topological polar surface area (TPSA) is 49.3 Å². The third-order valence-electron chi connectivity index (χ3n) is 0.214. The summed E-state index contributed by atoms with van der Waals surface area (Å²) in [7, 11) is 1.35. The number of carboxylic acid groups (broad SMARTS) is 1. The molecular formula is C6H17AlLiNO2. The van der Waals surface area contributed by atoms with Crippen molar-refractivity contribution < 1.29 is 28.8 Å². The summed E-state index contributed by atoms with van der Waals surface area (Å²) >= 11 is 0. The smallest absolute Gasteiger partial charge is 0.465 e. The van der Waals surface area contributed by atoms with Gasteiger partial charge in [-0.05, 0) is 0 Å². The van der Waals surface area contributed by atoms with E-state index in [0.29, 0.717) is 0 Å². The number of nitrogens with one attached hydrogen (secondary N) is 1. The van der Waals surface area contributed by atoms with Crippen LogP contribution in [0.5, 0.6) is 0 Å². The number of amides is 1. The van der Waals surface area contributed by atoms with Crippen LogP contribution in [0, 0.1) is 5.92 Å². The van der Waals surface area contributed by atoms with Gasteiger partial charge in [0.05, 0.1) is 0 Å². The van der Waals surface area contributed by atoms with Crippen molar-refractivity contribution in [1.82, 2.24) is 5.32 Å². The summed E-state index contributed by atoms with van der Waals surface area (Å²) in [5, 5.41) is 9.56. The van der Waals surface area contributed by atoms with Gasteiger partial charge in [-0.25, -0.2) is 4.79 Å². The van der Waals surface area contributed by atoms with Gasteiger partial charge in [0.2, 0.25) is 0 Å². The molecule has 0 bridgehead atoms.